The number of carbonyl (C=O) groups excluding carboxylic acids is 1. The summed E-state index contributed by atoms with van der Waals surface area (Å²) in [7, 11) is 0. The van der Waals surface area contributed by atoms with Crippen molar-refractivity contribution in [1.29, 1.82) is 0 Å². The van der Waals surface area contributed by atoms with Crippen LogP contribution in [0.5, 0.6) is 0 Å². The Morgan fingerprint density at radius 1 is 1.22 bits per heavy atom. The van der Waals surface area contributed by atoms with E-state index in [0.29, 0.717) is 16.5 Å². The number of carbonyl (C=O) groups is 1. The first-order chi connectivity index (χ1) is 11.0. The van der Waals surface area contributed by atoms with Gasteiger partial charge in [0.05, 0.1) is 5.69 Å². The number of nitrogens with two attached hydrogens (primary N) is 1. The van der Waals surface area contributed by atoms with Crippen LogP contribution in [-0.2, 0) is 0 Å². The van der Waals surface area contributed by atoms with Gasteiger partial charge in [0, 0.05) is 15.1 Å². The van der Waals surface area contributed by atoms with E-state index >= 15 is 0 Å². The maximum atomic E-state index is 11.5. The molecule has 2 N–H and O–H groups in total. The normalized spacial score (nSPS) is 10.7. The Labute approximate surface area is 146 Å². The van der Waals surface area contributed by atoms with Gasteiger partial charge in [0.1, 0.15) is 0 Å². The fourth-order valence-electron chi connectivity index (χ4n) is 2.10. The van der Waals surface area contributed by atoms with Gasteiger partial charge in [0.25, 0.3) is 5.91 Å². The number of hydrogen-bond acceptors (Lipinski definition) is 3. The fourth-order valence-corrected chi connectivity index (χ4v) is 2.53. The molecule has 5 nitrogen and oxygen atoms in total. The number of halogens is 2. The predicted octanol–water partition coefficient (Wildman–Crippen LogP) is 3.76. The number of benzene rings is 2. The largest absolute Gasteiger partial charge is 0.363 e. The van der Waals surface area contributed by atoms with E-state index in [-0.39, 0.29) is 5.82 Å². The summed E-state index contributed by atoms with van der Waals surface area (Å²) in [5.74, 6) is -0.203. The van der Waals surface area contributed by atoms with E-state index in [1.807, 2.05) is 43.3 Å². The van der Waals surface area contributed by atoms with Crippen molar-refractivity contribution < 1.29 is 4.79 Å². The lowest BCUT2D eigenvalue weighted by Crippen LogP contribution is -2.13. The minimum atomic E-state index is -0.680. The molecule has 3 rings (SSSR count). The molecule has 0 fully saturated rings. The third-order valence-electron chi connectivity index (χ3n) is 3.33. The van der Waals surface area contributed by atoms with Crippen molar-refractivity contribution >= 4 is 33.4 Å². The molecule has 0 aliphatic rings. The summed E-state index contributed by atoms with van der Waals surface area (Å²) < 4.78 is 2.51. The van der Waals surface area contributed by atoms with Gasteiger partial charge in [-0.1, -0.05) is 45.7 Å². The van der Waals surface area contributed by atoms with Crippen LogP contribution in [0.2, 0.25) is 5.02 Å². The van der Waals surface area contributed by atoms with Crippen LogP contribution in [0.1, 0.15) is 16.2 Å². The van der Waals surface area contributed by atoms with Gasteiger partial charge in [-0.2, -0.15) is 0 Å². The number of aryl methyl sites for hydroxylation is 1. The van der Waals surface area contributed by atoms with Gasteiger partial charge in [0.15, 0.2) is 5.82 Å². The SMILES string of the molecule is Cc1ccc(-n2nc(C(N)=O)nc2-c2ccc(Br)cc2)cc1Cl. The van der Waals surface area contributed by atoms with Crippen LogP contribution < -0.4 is 5.73 Å². The third kappa shape index (κ3) is 3.13. The first-order valence-corrected chi connectivity index (χ1v) is 7.92. The van der Waals surface area contributed by atoms with Crippen molar-refractivity contribution in [2.75, 3.05) is 0 Å². The lowest BCUT2D eigenvalue weighted by atomic mass is 10.2. The monoisotopic (exact) mass is 390 g/mol. The topological polar surface area (TPSA) is 73.8 Å². The minimum Gasteiger partial charge on any atom is -0.363 e. The summed E-state index contributed by atoms with van der Waals surface area (Å²) in [4.78, 5) is 15.7. The lowest BCUT2D eigenvalue weighted by molar-refractivity contribution is 0.0990. The van der Waals surface area contributed by atoms with Gasteiger partial charge < -0.3 is 5.73 Å². The van der Waals surface area contributed by atoms with Crippen LogP contribution in [0.4, 0.5) is 0 Å². The fraction of sp³-hybridized carbons (Fsp3) is 0.0625. The average Bonchev–Trinajstić information content (AvgIpc) is 2.96. The highest BCUT2D eigenvalue weighted by molar-refractivity contribution is 9.10. The van der Waals surface area contributed by atoms with E-state index in [2.05, 4.69) is 26.0 Å². The van der Waals surface area contributed by atoms with E-state index in [1.54, 1.807) is 10.7 Å². The molecule has 116 valence electrons. The molecule has 0 saturated carbocycles. The molecule has 2 aromatic carbocycles. The molecule has 1 heterocycles. The van der Waals surface area contributed by atoms with Crippen molar-refractivity contribution in [2.45, 2.75) is 6.92 Å². The quantitative estimate of drug-likeness (QED) is 0.739. The van der Waals surface area contributed by atoms with Crippen LogP contribution in [-0.4, -0.2) is 20.7 Å². The lowest BCUT2D eigenvalue weighted by Gasteiger charge is -2.07. The van der Waals surface area contributed by atoms with E-state index in [1.165, 1.54) is 0 Å². The average molecular weight is 392 g/mol. The maximum Gasteiger partial charge on any atom is 0.288 e. The van der Waals surface area contributed by atoms with Gasteiger partial charge >= 0.3 is 0 Å². The second-order valence-corrected chi connectivity index (χ2v) is 6.30. The summed E-state index contributed by atoms with van der Waals surface area (Å²) in [5, 5.41) is 4.82. The van der Waals surface area contributed by atoms with Gasteiger partial charge in [-0.15, -0.1) is 5.10 Å². The Hall–Kier alpha value is -2.18. The Kier molecular flexibility index (Phi) is 4.19. The molecular formula is C16H12BrClN4O. The molecule has 0 unspecified atom stereocenters. The predicted molar refractivity (Wildman–Crippen MR) is 92.8 cm³/mol. The minimum absolute atomic E-state index is 0.0420. The highest BCUT2D eigenvalue weighted by Gasteiger charge is 2.17. The van der Waals surface area contributed by atoms with Gasteiger partial charge in [-0.3, -0.25) is 4.79 Å². The molecule has 23 heavy (non-hydrogen) atoms. The van der Waals surface area contributed by atoms with Crippen molar-refractivity contribution in [3.8, 4) is 17.1 Å². The molecule has 0 bridgehead atoms. The molecule has 7 heteroatoms. The second kappa shape index (κ2) is 6.14. The summed E-state index contributed by atoms with van der Waals surface area (Å²) in [6.07, 6.45) is 0. The number of rotatable bonds is 3. The van der Waals surface area contributed by atoms with Gasteiger partial charge in [-0.05, 0) is 36.8 Å². The van der Waals surface area contributed by atoms with Crippen molar-refractivity contribution in [3.05, 3.63) is 63.3 Å². The Bertz CT molecular complexity index is 890. The van der Waals surface area contributed by atoms with Gasteiger partial charge in [0.2, 0.25) is 5.82 Å². The molecule has 0 atom stereocenters. The smallest absolute Gasteiger partial charge is 0.288 e. The molecule has 1 amide bonds. The number of primary amides is 1. The second-order valence-electron chi connectivity index (χ2n) is 4.98. The van der Waals surface area contributed by atoms with Crippen molar-refractivity contribution in [2.24, 2.45) is 5.73 Å². The highest BCUT2D eigenvalue weighted by atomic mass is 79.9. The number of nitrogens with zero attached hydrogens (tertiary/aromatic N) is 3. The highest BCUT2D eigenvalue weighted by Crippen LogP contribution is 2.25. The van der Waals surface area contributed by atoms with E-state index < -0.39 is 5.91 Å². The zero-order valence-electron chi connectivity index (χ0n) is 12.1. The van der Waals surface area contributed by atoms with Crippen LogP contribution in [0, 0.1) is 6.92 Å². The molecule has 0 radical (unpaired) electrons. The summed E-state index contributed by atoms with van der Waals surface area (Å²) in [5.41, 5.74) is 7.79. The number of aromatic nitrogens is 3. The van der Waals surface area contributed by atoms with Crippen LogP contribution >= 0.6 is 27.5 Å². The van der Waals surface area contributed by atoms with Gasteiger partial charge in [-0.25, -0.2) is 9.67 Å². The molecular weight excluding hydrogens is 380 g/mol. The molecule has 0 aliphatic heterocycles. The molecule has 0 saturated heterocycles. The van der Waals surface area contributed by atoms with E-state index in [9.17, 15) is 4.79 Å². The molecule has 0 aliphatic carbocycles. The van der Waals surface area contributed by atoms with E-state index in [0.717, 1.165) is 15.6 Å². The molecule has 0 spiro atoms. The standard InChI is InChI=1S/C16H12BrClN4O/c1-9-2-7-12(8-13(9)18)22-16(20-15(21-22)14(19)23)10-3-5-11(17)6-4-10/h2-8H,1H3,(H2,19,23). The Balaban J connectivity index is 2.20. The van der Waals surface area contributed by atoms with Crippen LogP contribution in [0.25, 0.3) is 17.1 Å². The maximum absolute atomic E-state index is 11.5. The summed E-state index contributed by atoms with van der Waals surface area (Å²) in [6.45, 7) is 1.91. The molecule has 1 aromatic heterocycles. The van der Waals surface area contributed by atoms with Crippen LogP contribution in [0.15, 0.2) is 46.9 Å². The number of amides is 1. The summed E-state index contributed by atoms with van der Waals surface area (Å²) >= 11 is 9.59. The van der Waals surface area contributed by atoms with Crippen molar-refractivity contribution in [1.82, 2.24) is 14.8 Å². The summed E-state index contributed by atoms with van der Waals surface area (Å²) in [6, 6.07) is 13.1. The first kappa shape index (κ1) is 15.7. The zero-order chi connectivity index (χ0) is 16.6. The Morgan fingerprint density at radius 2 is 1.91 bits per heavy atom. The Morgan fingerprint density at radius 3 is 2.52 bits per heavy atom. The zero-order valence-corrected chi connectivity index (χ0v) is 14.5. The number of hydrogen-bond donors (Lipinski definition) is 1. The van der Waals surface area contributed by atoms with E-state index in [4.69, 9.17) is 17.3 Å². The van der Waals surface area contributed by atoms with Crippen molar-refractivity contribution in [3.63, 3.8) is 0 Å². The first-order valence-electron chi connectivity index (χ1n) is 6.75. The van der Waals surface area contributed by atoms with Crippen LogP contribution in [0.3, 0.4) is 0 Å². The third-order valence-corrected chi connectivity index (χ3v) is 4.27. The molecule has 3 aromatic rings.